The van der Waals surface area contributed by atoms with Crippen molar-refractivity contribution in [2.24, 2.45) is 0 Å². The number of methoxy groups -OCH3 is 2. The number of likely N-dealkylation sites (tertiary alicyclic amines) is 2. The van der Waals surface area contributed by atoms with Gasteiger partial charge in [-0.3, -0.25) is 20.2 Å². The summed E-state index contributed by atoms with van der Waals surface area (Å²) in [5, 5.41) is 5.67. The quantitative estimate of drug-likeness (QED) is 0.0468. The van der Waals surface area contributed by atoms with Gasteiger partial charge >= 0.3 is 12.2 Å². The van der Waals surface area contributed by atoms with Gasteiger partial charge in [-0.25, -0.2) is 9.59 Å². The van der Waals surface area contributed by atoms with Gasteiger partial charge in [0, 0.05) is 37.0 Å². The van der Waals surface area contributed by atoms with Crippen LogP contribution in [0.2, 0.25) is 18.1 Å². The number of amides is 4. The highest BCUT2D eigenvalue weighted by atomic mass is 33.1. The predicted octanol–water partition coefficient (Wildman–Crippen LogP) is 12.5. The van der Waals surface area contributed by atoms with Gasteiger partial charge in [0.05, 0.1) is 67.3 Å². The molecule has 15 nitrogen and oxygen atoms in total. The first kappa shape index (κ1) is 57.4. The van der Waals surface area contributed by atoms with Gasteiger partial charge < -0.3 is 42.6 Å². The van der Waals surface area contributed by atoms with E-state index in [9.17, 15) is 19.2 Å². The zero-order valence-corrected chi connectivity index (χ0v) is 47.0. The van der Waals surface area contributed by atoms with Crippen LogP contribution in [0.3, 0.4) is 0 Å². The molecule has 1 saturated carbocycles. The summed E-state index contributed by atoms with van der Waals surface area (Å²) in [5.74, 6) is 1.83. The van der Waals surface area contributed by atoms with E-state index in [4.69, 9.17) is 32.8 Å². The van der Waals surface area contributed by atoms with Crippen LogP contribution in [-0.2, 0) is 13.9 Å². The smallest absolute Gasteiger partial charge is 0.412 e. The summed E-state index contributed by atoms with van der Waals surface area (Å²) in [6, 6.07) is 6.23. The van der Waals surface area contributed by atoms with E-state index < -0.39 is 26.1 Å². The number of nitrogens with zero attached hydrogens (tertiary/aromatic N) is 2. The first-order chi connectivity index (χ1) is 33.4. The Balaban J connectivity index is 1.28. The van der Waals surface area contributed by atoms with E-state index in [0.717, 1.165) is 49.0 Å². The number of carbonyl (C=O) groups excluding carboxylic acids is 4. The Morgan fingerprint density at radius 1 is 0.746 bits per heavy atom. The largest absolute Gasteiger partial charge is 0.493 e. The molecular formula is C53H80N4O11S2Si. The molecule has 0 unspecified atom stereocenters. The number of unbranched alkanes of at least 4 members (excludes halogenated alkanes) is 2. The molecule has 3 aliphatic rings. The van der Waals surface area contributed by atoms with Crippen molar-refractivity contribution < 1.29 is 52.0 Å². The van der Waals surface area contributed by atoms with E-state index in [1.807, 2.05) is 6.92 Å². The summed E-state index contributed by atoms with van der Waals surface area (Å²) in [7, 11) is 4.45. The minimum Gasteiger partial charge on any atom is -0.493 e. The van der Waals surface area contributed by atoms with Crippen LogP contribution in [0.5, 0.6) is 23.0 Å². The minimum atomic E-state index is -2.12. The lowest BCUT2D eigenvalue weighted by atomic mass is 9.85. The van der Waals surface area contributed by atoms with Gasteiger partial charge in [0.1, 0.15) is 12.2 Å². The Labute approximate surface area is 431 Å². The average molecular weight is 1040 g/mol. The van der Waals surface area contributed by atoms with Crippen molar-refractivity contribution in [1.29, 1.82) is 0 Å². The molecule has 2 aromatic carbocycles. The van der Waals surface area contributed by atoms with Crippen LogP contribution in [0.15, 0.2) is 48.6 Å². The van der Waals surface area contributed by atoms with Gasteiger partial charge in [0.25, 0.3) is 11.8 Å². The third kappa shape index (κ3) is 15.5. The highest BCUT2D eigenvalue weighted by Gasteiger charge is 2.42. The van der Waals surface area contributed by atoms with Gasteiger partial charge in [0.2, 0.25) is 0 Å². The van der Waals surface area contributed by atoms with Crippen molar-refractivity contribution in [3.63, 3.8) is 0 Å². The minimum absolute atomic E-state index is 0.000850. The first-order valence-electron chi connectivity index (χ1n) is 25.0. The third-order valence-electron chi connectivity index (χ3n) is 13.5. The van der Waals surface area contributed by atoms with Gasteiger partial charge in [-0.05, 0) is 102 Å². The normalized spacial score (nSPS) is 17.9. The molecular weight excluding hydrogens is 961 g/mol. The summed E-state index contributed by atoms with van der Waals surface area (Å²) in [6.45, 7) is 30.8. The molecule has 5 rings (SSSR count). The first-order valence-corrected chi connectivity index (χ1v) is 30.2. The molecule has 0 spiro atoms. The van der Waals surface area contributed by atoms with Gasteiger partial charge in [-0.15, -0.1) is 0 Å². The van der Waals surface area contributed by atoms with Crippen molar-refractivity contribution in [3.05, 3.63) is 59.7 Å². The molecule has 71 heavy (non-hydrogen) atoms. The summed E-state index contributed by atoms with van der Waals surface area (Å²) in [6.07, 6.45) is 5.77. The Morgan fingerprint density at radius 2 is 1.25 bits per heavy atom. The van der Waals surface area contributed by atoms with Crippen LogP contribution < -0.4 is 29.6 Å². The summed E-state index contributed by atoms with van der Waals surface area (Å²) in [5.41, 5.74) is 2.15. The Morgan fingerprint density at radius 3 is 1.70 bits per heavy atom. The van der Waals surface area contributed by atoms with E-state index >= 15 is 0 Å². The van der Waals surface area contributed by atoms with Crippen LogP contribution in [0.25, 0.3) is 0 Å². The van der Waals surface area contributed by atoms with E-state index in [1.54, 1.807) is 76.4 Å². The molecule has 3 fully saturated rings. The lowest BCUT2D eigenvalue weighted by Gasteiger charge is -2.39. The van der Waals surface area contributed by atoms with E-state index in [2.05, 4.69) is 64.6 Å². The highest BCUT2D eigenvalue weighted by molar-refractivity contribution is 8.77. The number of carbonyl (C=O) groups is 4. The molecule has 2 aliphatic heterocycles. The molecule has 0 radical (unpaired) electrons. The number of nitrogens with one attached hydrogen (secondary N) is 2. The summed E-state index contributed by atoms with van der Waals surface area (Å²) in [4.78, 5) is 58.8. The number of hydrogen-bond acceptors (Lipinski definition) is 13. The SMILES string of the molecule is C=C1C[C@@H](CO[Si](C)(C)C(C)(C)C)N(C(=O)c2cc(OC)c(OCCCCCOc3cc(NC(=O)OC(C)(C)C)c(C(=O)N4CC(=C)C[C@H]4CC)cc3OC)cc2NC(=O)OCC2(SSCC)CCC2)C1. The molecule has 18 heteroatoms. The zero-order valence-electron chi connectivity index (χ0n) is 44.4. The molecule has 2 atom stereocenters. The number of benzene rings is 2. The van der Waals surface area contributed by atoms with Crippen molar-refractivity contribution in [1.82, 2.24) is 9.80 Å². The molecule has 2 saturated heterocycles. The molecule has 0 bridgehead atoms. The van der Waals surface area contributed by atoms with Crippen LogP contribution in [0.1, 0.15) is 134 Å². The predicted molar refractivity (Wildman–Crippen MR) is 289 cm³/mol. The lowest BCUT2D eigenvalue weighted by Crippen LogP contribution is -2.46. The molecule has 394 valence electrons. The number of ether oxygens (including phenoxy) is 6. The van der Waals surface area contributed by atoms with Crippen molar-refractivity contribution >= 4 is 65.3 Å². The van der Waals surface area contributed by atoms with Gasteiger partial charge in [-0.2, -0.15) is 0 Å². The third-order valence-corrected chi connectivity index (χ3v) is 21.3. The molecule has 2 aromatic rings. The fourth-order valence-electron chi connectivity index (χ4n) is 8.31. The fourth-order valence-corrected chi connectivity index (χ4v) is 12.0. The Bertz CT molecular complexity index is 2240. The Kier molecular flexibility index (Phi) is 20.2. The number of rotatable bonds is 23. The second kappa shape index (κ2) is 24.9. The fraction of sp³-hybridized carbons (Fsp3) is 0.623. The van der Waals surface area contributed by atoms with E-state index in [1.165, 1.54) is 14.2 Å². The van der Waals surface area contributed by atoms with Gasteiger partial charge in [-0.1, -0.05) is 86.9 Å². The van der Waals surface area contributed by atoms with Crippen LogP contribution in [-0.4, -0.2) is 124 Å². The monoisotopic (exact) mass is 1040 g/mol. The summed E-state index contributed by atoms with van der Waals surface area (Å²) < 4.78 is 41.9. The topological polar surface area (TPSA) is 163 Å². The van der Waals surface area contributed by atoms with Crippen LogP contribution >= 0.6 is 21.6 Å². The van der Waals surface area contributed by atoms with Crippen LogP contribution in [0.4, 0.5) is 21.0 Å². The average Bonchev–Trinajstić information content (AvgIpc) is 3.87. The molecule has 2 N–H and O–H groups in total. The van der Waals surface area contributed by atoms with E-state index in [0.29, 0.717) is 81.6 Å². The molecule has 1 aliphatic carbocycles. The maximum Gasteiger partial charge on any atom is 0.412 e. The number of hydrogen-bond donors (Lipinski definition) is 2. The van der Waals surface area contributed by atoms with Gasteiger partial charge in [0.15, 0.2) is 31.3 Å². The molecule has 0 aromatic heterocycles. The van der Waals surface area contributed by atoms with E-state index in [-0.39, 0.29) is 62.8 Å². The highest BCUT2D eigenvalue weighted by Crippen LogP contribution is 2.50. The maximum atomic E-state index is 14.6. The number of anilines is 2. The zero-order chi connectivity index (χ0) is 52.3. The standard InChI is InChI=1S/C53H80N4O11S2Si/c1-15-37-25-35(3)31-56(37)47(58)40-28-44(63-12)46(30-42(40)55-50(61)68-51(5,6)7)65-24-19-17-18-23-64-45-29-41(54-49(60)66-34-53(21-20-22-53)70-69-16-2)39(27-43(45)62-11)48(59)57-32-36(4)26-38(57)33-67-71(13,14)52(8,9)10/h27-30,37-38H,3-4,15-26,31-34H2,1-2,5-14H3,(H,54,60)(H,55,61)/t37-,38+/m1/s1. The second-order valence-corrected chi connectivity index (χ2v) is 29.1. The van der Waals surface area contributed by atoms with Crippen molar-refractivity contribution in [3.8, 4) is 23.0 Å². The molecule has 4 amide bonds. The van der Waals surface area contributed by atoms with Crippen LogP contribution in [0, 0.1) is 0 Å². The maximum absolute atomic E-state index is 14.6. The van der Waals surface area contributed by atoms with Crippen molar-refractivity contribution in [2.45, 2.75) is 154 Å². The van der Waals surface area contributed by atoms with Crippen molar-refractivity contribution in [2.75, 3.05) is 70.1 Å². The lowest BCUT2D eigenvalue weighted by molar-refractivity contribution is 0.0634. The summed E-state index contributed by atoms with van der Waals surface area (Å²) >= 11 is 0. The molecule has 2 heterocycles. The Hall–Kier alpha value is -4.52. The second-order valence-electron chi connectivity index (χ2n) is 21.3.